The van der Waals surface area contributed by atoms with E-state index in [1.807, 2.05) is 31.7 Å². The number of unbranched alkanes of at least 4 members (excludes halogenated alkanes) is 7. The number of carbonyl (C=O) groups excluding carboxylic acids is 1. The van der Waals surface area contributed by atoms with Crippen LogP contribution in [-0.2, 0) is 4.74 Å². The summed E-state index contributed by atoms with van der Waals surface area (Å²) in [6, 6.07) is 0.628. The molecule has 26 heavy (non-hydrogen) atoms. The smallest absolute Gasteiger partial charge is 0.411 e. The maximum atomic E-state index is 12.5. The average molecular weight is 362 g/mol. The molecule has 0 aromatic rings. The van der Waals surface area contributed by atoms with E-state index in [1.54, 1.807) is 5.57 Å². The molecule has 0 radical (unpaired) electrons. The second-order valence-electron chi connectivity index (χ2n) is 9.02. The highest BCUT2D eigenvalue weighted by Crippen LogP contribution is 2.37. The van der Waals surface area contributed by atoms with Crippen LogP contribution in [0.4, 0.5) is 4.79 Å². The van der Waals surface area contributed by atoms with Gasteiger partial charge in [0.2, 0.25) is 0 Å². The van der Waals surface area contributed by atoms with E-state index in [1.165, 1.54) is 51.4 Å². The summed E-state index contributed by atoms with van der Waals surface area (Å²) < 4.78 is 5.61. The number of rotatable bonds is 10. The van der Waals surface area contributed by atoms with Crippen molar-refractivity contribution in [3.8, 4) is 0 Å². The fourth-order valence-electron chi connectivity index (χ4n) is 4.23. The molecule has 148 valence electrons. The van der Waals surface area contributed by atoms with Crippen LogP contribution in [0, 0.1) is 0 Å². The standard InChI is InChI=1S/C23H39NO2/c1-5-6-7-8-9-10-11-12-13-14-19-17-20-15-16-21(18-19)24(20)22(25)26-23(2,3)4/h5,17,20-21H,1,6-16,18H2,2-4H3. The third-order valence-electron chi connectivity index (χ3n) is 5.48. The molecule has 0 N–H and O–H groups in total. The summed E-state index contributed by atoms with van der Waals surface area (Å²) in [5.41, 5.74) is 1.16. The first-order valence-corrected chi connectivity index (χ1v) is 10.7. The number of fused-ring (bicyclic) bond motifs is 2. The molecule has 3 heteroatoms. The van der Waals surface area contributed by atoms with E-state index in [-0.39, 0.29) is 12.1 Å². The van der Waals surface area contributed by atoms with E-state index < -0.39 is 5.60 Å². The molecule has 2 bridgehead atoms. The van der Waals surface area contributed by atoms with E-state index in [2.05, 4.69) is 12.7 Å². The predicted molar refractivity (Wildman–Crippen MR) is 109 cm³/mol. The van der Waals surface area contributed by atoms with Gasteiger partial charge in [0.25, 0.3) is 0 Å². The summed E-state index contributed by atoms with van der Waals surface area (Å²) in [6.45, 7) is 9.60. The number of amides is 1. The van der Waals surface area contributed by atoms with E-state index in [9.17, 15) is 4.79 Å². The maximum Gasteiger partial charge on any atom is 0.411 e. The van der Waals surface area contributed by atoms with Gasteiger partial charge in [0.15, 0.2) is 0 Å². The van der Waals surface area contributed by atoms with Gasteiger partial charge in [0, 0.05) is 6.04 Å². The Morgan fingerprint density at radius 2 is 1.81 bits per heavy atom. The molecule has 0 spiro atoms. The SMILES string of the molecule is C=CCCCCCCCCCC1=CC2CCC(C1)N2C(=O)OC(C)(C)C. The van der Waals surface area contributed by atoms with Crippen LogP contribution < -0.4 is 0 Å². The zero-order valence-electron chi connectivity index (χ0n) is 17.3. The lowest BCUT2D eigenvalue weighted by Gasteiger charge is -2.35. The summed E-state index contributed by atoms with van der Waals surface area (Å²) in [4.78, 5) is 14.5. The van der Waals surface area contributed by atoms with Gasteiger partial charge in [-0.1, -0.05) is 49.8 Å². The van der Waals surface area contributed by atoms with Crippen molar-refractivity contribution in [2.75, 3.05) is 0 Å². The summed E-state index contributed by atoms with van der Waals surface area (Å²) in [5, 5.41) is 0. The van der Waals surface area contributed by atoms with Crippen molar-refractivity contribution in [1.82, 2.24) is 4.90 Å². The number of hydrogen-bond donors (Lipinski definition) is 0. The summed E-state index contributed by atoms with van der Waals surface area (Å²) in [6.07, 6.45) is 19.3. The van der Waals surface area contributed by atoms with Crippen LogP contribution in [0.2, 0.25) is 0 Å². The number of carbonyl (C=O) groups is 1. The molecule has 1 saturated heterocycles. The van der Waals surface area contributed by atoms with Crippen LogP contribution in [0.5, 0.6) is 0 Å². The largest absolute Gasteiger partial charge is 0.444 e. The molecule has 2 unspecified atom stereocenters. The molecule has 0 aromatic carbocycles. The van der Waals surface area contributed by atoms with E-state index >= 15 is 0 Å². The molecule has 0 aromatic heterocycles. The molecule has 1 amide bonds. The second-order valence-corrected chi connectivity index (χ2v) is 9.02. The van der Waals surface area contributed by atoms with Gasteiger partial charge in [0.1, 0.15) is 5.60 Å². The highest BCUT2D eigenvalue weighted by atomic mass is 16.6. The zero-order chi connectivity index (χ0) is 19.0. The van der Waals surface area contributed by atoms with Crippen molar-refractivity contribution in [2.24, 2.45) is 0 Å². The fourth-order valence-corrected chi connectivity index (χ4v) is 4.23. The van der Waals surface area contributed by atoms with Crippen molar-refractivity contribution in [1.29, 1.82) is 0 Å². The van der Waals surface area contributed by atoms with Gasteiger partial charge in [-0.05, 0) is 65.7 Å². The normalized spacial score (nSPS) is 22.3. The van der Waals surface area contributed by atoms with Crippen molar-refractivity contribution < 1.29 is 9.53 Å². The first kappa shape index (κ1) is 21.1. The van der Waals surface area contributed by atoms with Crippen LogP contribution in [0.1, 0.15) is 97.8 Å². The van der Waals surface area contributed by atoms with Crippen molar-refractivity contribution in [2.45, 2.75) is 116 Å². The molecule has 2 aliphatic heterocycles. The first-order valence-electron chi connectivity index (χ1n) is 10.7. The average Bonchev–Trinajstić information content (AvgIpc) is 2.83. The summed E-state index contributed by atoms with van der Waals surface area (Å²) >= 11 is 0. The van der Waals surface area contributed by atoms with E-state index in [0.717, 1.165) is 25.7 Å². The molecule has 2 atom stereocenters. The van der Waals surface area contributed by atoms with Gasteiger partial charge >= 0.3 is 6.09 Å². The Morgan fingerprint density at radius 3 is 2.42 bits per heavy atom. The quantitative estimate of drug-likeness (QED) is 0.317. The van der Waals surface area contributed by atoms with Crippen LogP contribution in [0.3, 0.4) is 0 Å². The first-order chi connectivity index (χ1) is 12.4. The molecular formula is C23H39NO2. The molecule has 2 aliphatic rings. The molecule has 2 rings (SSSR count). The number of ether oxygens (including phenoxy) is 1. The van der Waals surface area contributed by atoms with E-state index in [0.29, 0.717) is 6.04 Å². The number of nitrogens with zero attached hydrogens (tertiary/aromatic N) is 1. The monoisotopic (exact) mass is 361 g/mol. The minimum atomic E-state index is -0.411. The van der Waals surface area contributed by atoms with Crippen LogP contribution in [-0.4, -0.2) is 28.7 Å². The Balaban J connectivity index is 1.66. The zero-order valence-corrected chi connectivity index (χ0v) is 17.3. The second kappa shape index (κ2) is 10.2. The minimum Gasteiger partial charge on any atom is -0.444 e. The Hall–Kier alpha value is -1.25. The van der Waals surface area contributed by atoms with Crippen molar-refractivity contribution in [3.05, 3.63) is 24.3 Å². The van der Waals surface area contributed by atoms with Gasteiger partial charge in [0.05, 0.1) is 6.04 Å². The summed E-state index contributed by atoms with van der Waals surface area (Å²) in [7, 11) is 0. The van der Waals surface area contributed by atoms with Gasteiger partial charge in [-0.3, -0.25) is 4.90 Å². The minimum absolute atomic E-state index is 0.128. The van der Waals surface area contributed by atoms with Crippen molar-refractivity contribution >= 4 is 6.09 Å². The molecule has 1 fully saturated rings. The van der Waals surface area contributed by atoms with Gasteiger partial charge < -0.3 is 4.74 Å². The lowest BCUT2D eigenvalue weighted by molar-refractivity contribution is 0.0166. The summed E-state index contributed by atoms with van der Waals surface area (Å²) in [5.74, 6) is 0. The maximum absolute atomic E-state index is 12.5. The highest BCUT2D eigenvalue weighted by Gasteiger charge is 2.41. The van der Waals surface area contributed by atoms with Crippen molar-refractivity contribution in [3.63, 3.8) is 0 Å². The molecule has 0 aliphatic carbocycles. The lowest BCUT2D eigenvalue weighted by atomic mass is 9.96. The third-order valence-corrected chi connectivity index (χ3v) is 5.48. The van der Waals surface area contributed by atoms with Gasteiger partial charge in [-0.25, -0.2) is 4.79 Å². The molecule has 2 heterocycles. The Bertz CT molecular complexity index is 489. The third kappa shape index (κ3) is 6.81. The highest BCUT2D eigenvalue weighted by molar-refractivity contribution is 5.70. The van der Waals surface area contributed by atoms with Gasteiger partial charge in [-0.15, -0.1) is 6.58 Å². The number of hydrogen-bond acceptors (Lipinski definition) is 2. The number of allylic oxidation sites excluding steroid dienone is 1. The Kier molecular flexibility index (Phi) is 8.24. The molecular weight excluding hydrogens is 322 g/mol. The Morgan fingerprint density at radius 1 is 1.15 bits per heavy atom. The Labute approximate surface area is 160 Å². The van der Waals surface area contributed by atoms with E-state index in [4.69, 9.17) is 4.74 Å². The fraction of sp³-hybridized carbons (Fsp3) is 0.783. The molecule has 3 nitrogen and oxygen atoms in total. The van der Waals surface area contributed by atoms with Crippen LogP contribution in [0.15, 0.2) is 24.3 Å². The molecule has 0 saturated carbocycles. The predicted octanol–water partition coefficient (Wildman–Crippen LogP) is 6.78. The topological polar surface area (TPSA) is 29.5 Å². The van der Waals surface area contributed by atoms with Crippen LogP contribution in [0.25, 0.3) is 0 Å². The lowest BCUT2D eigenvalue weighted by Crippen LogP contribution is -2.45. The van der Waals surface area contributed by atoms with Crippen LogP contribution >= 0.6 is 0 Å². The van der Waals surface area contributed by atoms with Gasteiger partial charge in [-0.2, -0.15) is 0 Å².